The minimum Gasteiger partial charge on any atom is -0.486 e. The van der Waals surface area contributed by atoms with E-state index in [2.05, 4.69) is 0 Å². The largest absolute Gasteiger partial charge is 0.486 e. The van der Waals surface area contributed by atoms with Crippen LogP contribution < -0.4 is 10.5 Å². The maximum absolute atomic E-state index is 13.6. The van der Waals surface area contributed by atoms with Crippen LogP contribution in [0.1, 0.15) is 11.1 Å². The molecule has 3 N–H and O–H groups in total. The van der Waals surface area contributed by atoms with Crippen LogP contribution in [0.5, 0.6) is 5.75 Å². The van der Waals surface area contributed by atoms with Crippen LogP contribution in [0.15, 0.2) is 48.5 Å². The minimum absolute atomic E-state index is 0.156. The Hall–Kier alpha value is -2.36. The number of hydrogen-bond donors (Lipinski definition) is 2. The highest BCUT2D eigenvalue weighted by atomic mass is 19.1. The Labute approximate surface area is 105 Å². The van der Waals surface area contributed by atoms with Crippen molar-refractivity contribution in [1.82, 2.24) is 0 Å². The van der Waals surface area contributed by atoms with Gasteiger partial charge in [0.15, 0.2) is 11.6 Å². The number of nitrogens with one attached hydrogen (secondary N) is 1. The Balaban J connectivity index is 2.08. The third-order valence-electron chi connectivity index (χ3n) is 2.48. The van der Waals surface area contributed by atoms with Crippen LogP contribution in [0.25, 0.3) is 0 Å². The maximum Gasteiger partial charge on any atom is 0.165 e. The van der Waals surface area contributed by atoms with Crippen molar-refractivity contribution in [1.29, 1.82) is 5.41 Å². The number of nitrogens with two attached hydrogens (primary N) is 1. The Kier molecular flexibility index (Phi) is 3.57. The van der Waals surface area contributed by atoms with Gasteiger partial charge in [-0.15, -0.1) is 0 Å². The molecule has 0 amide bonds. The molecule has 0 heterocycles. The van der Waals surface area contributed by atoms with Crippen molar-refractivity contribution < 1.29 is 9.13 Å². The predicted molar refractivity (Wildman–Crippen MR) is 68.2 cm³/mol. The molecular weight excluding hydrogens is 231 g/mol. The second kappa shape index (κ2) is 5.31. The molecule has 0 bridgehead atoms. The van der Waals surface area contributed by atoms with E-state index in [-0.39, 0.29) is 11.6 Å². The van der Waals surface area contributed by atoms with E-state index in [1.165, 1.54) is 12.1 Å². The van der Waals surface area contributed by atoms with Crippen LogP contribution in [0.4, 0.5) is 4.39 Å². The van der Waals surface area contributed by atoms with Crippen molar-refractivity contribution in [3.8, 4) is 5.75 Å². The average molecular weight is 244 g/mol. The normalized spacial score (nSPS) is 10.1. The standard InChI is InChI=1S/C14H13FN2O/c15-12-8-11(14(16)17)6-7-13(12)18-9-10-4-2-1-3-5-10/h1-8H,9H2,(H3,16,17). The van der Waals surface area contributed by atoms with Crippen LogP contribution in [-0.4, -0.2) is 5.84 Å². The molecule has 2 rings (SSSR count). The van der Waals surface area contributed by atoms with Crippen LogP contribution in [0.3, 0.4) is 0 Å². The number of rotatable bonds is 4. The zero-order valence-electron chi connectivity index (χ0n) is 9.69. The number of benzene rings is 2. The summed E-state index contributed by atoms with van der Waals surface area (Å²) in [6.07, 6.45) is 0. The molecule has 4 heteroatoms. The number of halogens is 1. The van der Waals surface area contributed by atoms with Crippen molar-refractivity contribution in [2.24, 2.45) is 5.73 Å². The Morgan fingerprint density at radius 2 is 1.89 bits per heavy atom. The van der Waals surface area contributed by atoms with Crippen LogP contribution in [0, 0.1) is 11.2 Å². The third-order valence-corrected chi connectivity index (χ3v) is 2.48. The summed E-state index contributed by atoms with van der Waals surface area (Å²) < 4.78 is 19.0. The summed E-state index contributed by atoms with van der Waals surface area (Å²) in [7, 11) is 0. The summed E-state index contributed by atoms with van der Waals surface area (Å²) in [5, 5.41) is 7.21. The molecule has 2 aromatic rings. The first-order valence-electron chi connectivity index (χ1n) is 5.47. The molecule has 0 aromatic heterocycles. The first-order chi connectivity index (χ1) is 8.66. The Morgan fingerprint density at radius 1 is 1.17 bits per heavy atom. The van der Waals surface area contributed by atoms with Crippen molar-refractivity contribution in [3.63, 3.8) is 0 Å². The number of amidine groups is 1. The summed E-state index contributed by atoms with van der Waals surface area (Å²) in [4.78, 5) is 0. The van der Waals surface area contributed by atoms with E-state index in [4.69, 9.17) is 15.9 Å². The van der Waals surface area contributed by atoms with Gasteiger partial charge in [-0.25, -0.2) is 4.39 Å². The molecule has 0 aliphatic carbocycles. The minimum atomic E-state index is -0.515. The first-order valence-corrected chi connectivity index (χ1v) is 5.47. The lowest BCUT2D eigenvalue weighted by atomic mass is 10.2. The van der Waals surface area contributed by atoms with E-state index >= 15 is 0 Å². The summed E-state index contributed by atoms with van der Waals surface area (Å²) in [5.74, 6) is -0.522. The summed E-state index contributed by atoms with van der Waals surface area (Å²) >= 11 is 0. The molecule has 0 spiro atoms. The lowest BCUT2D eigenvalue weighted by Gasteiger charge is -2.08. The quantitative estimate of drug-likeness (QED) is 0.641. The predicted octanol–water partition coefficient (Wildman–Crippen LogP) is 2.69. The highest BCUT2D eigenvalue weighted by Gasteiger charge is 2.06. The van der Waals surface area contributed by atoms with Gasteiger partial charge in [-0.05, 0) is 23.8 Å². The molecule has 92 valence electrons. The van der Waals surface area contributed by atoms with Gasteiger partial charge in [-0.1, -0.05) is 30.3 Å². The fourth-order valence-corrected chi connectivity index (χ4v) is 1.52. The molecule has 0 saturated heterocycles. The molecule has 0 fully saturated rings. The van der Waals surface area contributed by atoms with E-state index in [9.17, 15) is 4.39 Å². The maximum atomic E-state index is 13.6. The lowest BCUT2D eigenvalue weighted by molar-refractivity contribution is 0.290. The zero-order chi connectivity index (χ0) is 13.0. The van der Waals surface area contributed by atoms with E-state index < -0.39 is 5.82 Å². The van der Waals surface area contributed by atoms with Gasteiger partial charge in [-0.2, -0.15) is 0 Å². The number of hydrogen-bond acceptors (Lipinski definition) is 2. The molecule has 2 aromatic carbocycles. The van der Waals surface area contributed by atoms with Crippen LogP contribution in [-0.2, 0) is 6.61 Å². The lowest BCUT2D eigenvalue weighted by Crippen LogP contribution is -2.11. The molecule has 0 aliphatic heterocycles. The van der Waals surface area contributed by atoms with Gasteiger partial charge in [-0.3, -0.25) is 5.41 Å². The average Bonchev–Trinajstić information content (AvgIpc) is 2.38. The number of nitrogen functional groups attached to an aromatic ring is 1. The van der Waals surface area contributed by atoms with Gasteiger partial charge in [0.1, 0.15) is 12.4 Å². The Morgan fingerprint density at radius 3 is 2.50 bits per heavy atom. The van der Waals surface area contributed by atoms with Crippen molar-refractivity contribution >= 4 is 5.84 Å². The van der Waals surface area contributed by atoms with Gasteiger partial charge in [0.05, 0.1) is 0 Å². The van der Waals surface area contributed by atoms with Crippen LogP contribution >= 0.6 is 0 Å². The van der Waals surface area contributed by atoms with Crippen LogP contribution in [0.2, 0.25) is 0 Å². The molecule has 3 nitrogen and oxygen atoms in total. The molecule has 0 saturated carbocycles. The van der Waals surface area contributed by atoms with E-state index in [0.717, 1.165) is 5.56 Å². The second-order valence-corrected chi connectivity index (χ2v) is 3.83. The molecular formula is C14H13FN2O. The van der Waals surface area contributed by atoms with Crippen molar-refractivity contribution in [2.45, 2.75) is 6.61 Å². The molecule has 18 heavy (non-hydrogen) atoms. The smallest absolute Gasteiger partial charge is 0.165 e. The fraction of sp³-hybridized carbons (Fsp3) is 0.0714. The Bertz CT molecular complexity index is 555. The third kappa shape index (κ3) is 2.85. The van der Waals surface area contributed by atoms with Gasteiger partial charge in [0, 0.05) is 5.56 Å². The highest BCUT2D eigenvalue weighted by Crippen LogP contribution is 2.19. The van der Waals surface area contributed by atoms with Gasteiger partial charge in [0.2, 0.25) is 0 Å². The van der Waals surface area contributed by atoms with Gasteiger partial charge >= 0.3 is 0 Å². The summed E-state index contributed by atoms with van der Waals surface area (Å²) in [6, 6.07) is 13.8. The second-order valence-electron chi connectivity index (χ2n) is 3.83. The SMILES string of the molecule is N=C(N)c1ccc(OCc2ccccc2)c(F)c1. The summed E-state index contributed by atoms with van der Waals surface area (Å²) in [6.45, 7) is 0.303. The zero-order valence-corrected chi connectivity index (χ0v) is 9.69. The van der Waals surface area contributed by atoms with E-state index in [1.807, 2.05) is 30.3 Å². The van der Waals surface area contributed by atoms with E-state index in [1.54, 1.807) is 6.07 Å². The van der Waals surface area contributed by atoms with E-state index in [0.29, 0.717) is 12.2 Å². The van der Waals surface area contributed by atoms with Gasteiger partial charge < -0.3 is 10.5 Å². The summed E-state index contributed by atoms with van der Waals surface area (Å²) in [5.41, 5.74) is 6.59. The van der Waals surface area contributed by atoms with Gasteiger partial charge in [0.25, 0.3) is 0 Å². The molecule has 0 aliphatic rings. The highest BCUT2D eigenvalue weighted by molar-refractivity contribution is 5.95. The molecule has 0 radical (unpaired) electrons. The monoisotopic (exact) mass is 244 g/mol. The molecule has 0 atom stereocenters. The number of ether oxygens (including phenoxy) is 1. The first kappa shape index (κ1) is 12.1. The molecule has 0 unspecified atom stereocenters. The van der Waals surface area contributed by atoms with Crippen molar-refractivity contribution in [2.75, 3.05) is 0 Å². The van der Waals surface area contributed by atoms with Crippen molar-refractivity contribution in [3.05, 3.63) is 65.5 Å². The fourth-order valence-electron chi connectivity index (χ4n) is 1.52. The topological polar surface area (TPSA) is 59.1 Å².